The van der Waals surface area contributed by atoms with Gasteiger partial charge in [0.1, 0.15) is 5.82 Å². The minimum atomic E-state index is 0.426. The highest BCUT2D eigenvalue weighted by Crippen LogP contribution is 2.23. The molecule has 2 aromatic heterocycles. The summed E-state index contributed by atoms with van der Waals surface area (Å²) in [5.41, 5.74) is 3.48. The lowest BCUT2D eigenvalue weighted by atomic mass is 10.1. The highest BCUT2D eigenvalue weighted by atomic mass is 15.3. The van der Waals surface area contributed by atoms with Crippen LogP contribution in [0, 0.1) is 6.92 Å². The third kappa shape index (κ3) is 2.85. The smallest absolute Gasteiger partial charge is 0.164 e. The van der Waals surface area contributed by atoms with Gasteiger partial charge in [0, 0.05) is 49.9 Å². The van der Waals surface area contributed by atoms with Crippen molar-refractivity contribution in [3.63, 3.8) is 0 Å². The molecule has 3 heterocycles. The SMILES string of the molecule is Cc1nn(C)cc1CNC1CCc2nnc(-c3ccccc3)n2C1. The maximum absolute atomic E-state index is 4.41. The molecule has 1 unspecified atom stereocenters. The van der Waals surface area contributed by atoms with Crippen molar-refractivity contribution in [3.05, 3.63) is 53.6 Å². The zero-order valence-corrected chi connectivity index (χ0v) is 14.1. The summed E-state index contributed by atoms with van der Waals surface area (Å²) in [5, 5.41) is 16.9. The molecule has 1 aliphatic rings. The molecule has 1 N–H and O–H groups in total. The van der Waals surface area contributed by atoms with Crippen LogP contribution in [0.3, 0.4) is 0 Å². The summed E-state index contributed by atoms with van der Waals surface area (Å²) in [4.78, 5) is 0. The van der Waals surface area contributed by atoms with Crippen LogP contribution >= 0.6 is 0 Å². The van der Waals surface area contributed by atoms with Crippen LogP contribution in [0.4, 0.5) is 0 Å². The van der Waals surface area contributed by atoms with E-state index in [4.69, 9.17) is 0 Å². The second-order valence-corrected chi connectivity index (χ2v) is 6.45. The van der Waals surface area contributed by atoms with Gasteiger partial charge < -0.3 is 9.88 Å². The van der Waals surface area contributed by atoms with Gasteiger partial charge in [-0.05, 0) is 13.3 Å². The molecule has 0 saturated heterocycles. The standard InChI is InChI=1S/C18H22N6/c1-13-15(11-23(2)22-13)10-19-16-8-9-17-20-21-18(24(17)12-16)14-6-4-3-5-7-14/h3-7,11,16,19H,8-10,12H2,1-2H3. The number of benzene rings is 1. The average Bonchev–Trinajstić information content (AvgIpc) is 3.16. The molecule has 0 spiro atoms. The van der Waals surface area contributed by atoms with Gasteiger partial charge in [0.25, 0.3) is 0 Å². The molecule has 4 rings (SSSR count). The van der Waals surface area contributed by atoms with Crippen molar-refractivity contribution in [2.45, 2.75) is 38.9 Å². The van der Waals surface area contributed by atoms with E-state index in [1.165, 1.54) is 5.56 Å². The summed E-state index contributed by atoms with van der Waals surface area (Å²) in [6.45, 7) is 3.82. The minimum absolute atomic E-state index is 0.426. The number of hydrogen-bond acceptors (Lipinski definition) is 4. The maximum Gasteiger partial charge on any atom is 0.164 e. The molecule has 1 aromatic carbocycles. The van der Waals surface area contributed by atoms with Crippen molar-refractivity contribution in [1.82, 2.24) is 29.9 Å². The van der Waals surface area contributed by atoms with Gasteiger partial charge in [-0.1, -0.05) is 30.3 Å². The molecular formula is C18H22N6. The van der Waals surface area contributed by atoms with Crippen LogP contribution in [0.1, 0.15) is 23.5 Å². The Balaban J connectivity index is 1.49. The van der Waals surface area contributed by atoms with Crippen molar-refractivity contribution >= 4 is 0 Å². The van der Waals surface area contributed by atoms with Crippen LogP contribution < -0.4 is 5.32 Å². The van der Waals surface area contributed by atoms with E-state index in [-0.39, 0.29) is 0 Å². The first-order chi connectivity index (χ1) is 11.7. The van der Waals surface area contributed by atoms with Gasteiger partial charge in [0.2, 0.25) is 0 Å². The molecular weight excluding hydrogens is 300 g/mol. The Morgan fingerprint density at radius 3 is 2.79 bits per heavy atom. The molecule has 0 radical (unpaired) electrons. The molecule has 24 heavy (non-hydrogen) atoms. The lowest BCUT2D eigenvalue weighted by Crippen LogP contribution is -2.37. The lowest BCUT2D eigenvalue weighted by molar-refractivity contribution is 0.380. The van der Waals surface area contributed by atoms with E-state index in [9.17, 15) is 0 Å². The Bertz CT molecular complexity index is 833. The molecule has 0 amide bonds. The summed E-state index contributed by atoms with van der Waals surface area (Å²) in [5.74, 6) is 2.05. The Morgan fingerprint density at radius 1 is 1.21 bits per heavy atom. The zero-order valence-electron chi connectivity index (χ0n) is 14.1. The van der Waals surface area contributed by atoms with Crippen LogP contribution in [-0.4, -0.2) is 30.6 Å². The number of nitrogens with zero attached hydrogens (tertiary/aromatic N) is 5. The largest absolute Gasteiger partial charge is 0.309 e. The quantitative estimate of drug-likeness (QED) is 0.799. The van der Waals surface area contributed by atoms with E-state index in [0.717, 1.165) is 48.8 Å². The second kappa shape index (κ2) is 6.20. The summed E-state index contributed by atoms with van der Waals surface area (Å²) in [6, 6.07) is 10.7. The Morgan fingerprint density at radius 2 is 2.04 bits per heavy atom. The van der Waals surface area contributed by atoms with Gasteiger partial charge in [0.05, 0.1) is 5.69 Å². The fourth-order valence-electron chi connectivity index (χ4n) is 3.37. The first-order valence-electron chi connectivity index (χ1n) is 8.40. The molecule has 124 valence electrons. The molecule has 0 aliphatic carbocycles. The molecule has 3 aromatic rings. The number of fused-ring (bicyclic) bond motifs is 1. The minimum Gasteiger partial charge on any atom is -0.309 e. The second-order valence-electron chi connectivity index (χ2n) is 6.45. The molecule has 1 aliphatic heterocycles. The maximum atomic E-state index is 4.41. The highest BCUT2D eigenvalue weighted by Gasteiger charge is 2.23. The summed E-state index contributed by atoms with van der Waals surface area (Å²) < 4.78 is 4.13. The van der Waals surface area contributed by atoms with Gasteiger partial charge >= 0.3 is 0 Å². The van der Waals surface area contributed by atoms with Crippen LogP contribution in [0.5, 0.6) is 0 Å². The number of hydrogen-bond donors (Lipinski definition) is 1. The molecule has 6 heteroatoms. The van der Waals surface area contributed by atoms with Crippen molar-refractivity contribution < 1.29 is 0 Å². The average molecular weight is 322 g/mol. The van der Waals surface area contributed by atoms with Crippen molar-refractivity contribution in [3.8, 4) is 11.4 Å². The topological polar surface area (TPSA) is 60.6 Å². The monoisotopic (exact) mass is 322 g/mol. The van der Waals surface area contributed by atoms with E-state index in [1.807, 2.05) is 29.9 Å². The Kier molecular flexibility index (Phi) is 3.90. The predicted molar refractivity (Wildman–Crippen MR) is 92.4 cm³/mol. The predicted octanol–water partition coefficient (Wildman–Crippen LogP) is 2.09. The van der Waals surface area contributed by atoms with Crippen LogP contribution in [0.25, 0.3) is 11.4 Å². The van der Waals surface area contributed by atoms with Gasteiger partial charge in [-0.15, -0.1) is 10.2 Å². The zero-order chi connectivity index (χ0) is 16.5. The molecule has 0 bridgehead atoms. The van der Waals surface area contributed by atoms with Gasteiger partial charge in [0.15, 0.2) is 5.82 Å². The van der Waals surface area contributed by atoms with E-state index in [2.05, 4.69) is 50.4 Å². The van der Waals surface area contributed by atoms with Crippen molar-refractivity contribution in [2.75, 3.05) is 0 Å². The summed E-state index contributed by atoms with van der Waals surface area (Å²) >= 11 is 0. The number of nitrogens with one attached hydrogen (secondary N) is 1. The van der Waals surface area contributed by atoms with Crippen molar-refractivity contribution in [1.29, 1.82) is 0 Å². The number of aryl methyl sites for hydroxylation is 3. The fourth-order valence-corrected chi connectivity index (χ4v) is 3.37. The van der Waals surface area contributed by atoms with Crippen molar-refractivity contribution in [2.24, 2.45) is 7.05 Å². The third-order valence-corrected chi connectivity index (χ3v) is 4.68. The van der Waals surface area contributed by atoms with Crippen LogP contribution in [-0.2, 0) is 26.6 Å². The molecule has 0 fully saturated rings. The highest BCUT2D eigenvalue weighted by molar-refractivity contribution is 5.55. The normalized spacial score (nSPS) is 17.0. The van der Waals surface area contributed by atoms with Gasteiger partial charge in [-0.2, -0.15) is 5.10 Å². The van der Waals surface area contributed by atoms with E-state index in [1.54, 1.807) is 0 Å². The first-order valence-corrected chi connectivity index (χ1v) is 8.40. The van der Waals surface area contributed by atoms with Gasteiger partial charge in [-0.3, -0.25) is 4.68 Å². The Labute approximate surface area is 141 Å². The molecule has 0 saturated carbocycles. The van der Waals surface area contributed by atoms with E-state index >= 15 is 0 Å². The van der Waals surface area contributed by atoms with Crippen LogP contribution in [0.15, 0.2) is 36.5 Å². The number of aromatic nitrogens is 5. The number of rotatable bonds is 4. The summed E-state index contributed by atoms with van der Waals surface area (Å²) in [7, 11) is 1.96. The molecule has 1 atom stereocenters. The Hall–Kier alpha value is -2.47. The van der Waals surface area contributed by atoms with E-state index < -0.39 is 0 Å². The van der Waals surface area contributed by atoms with E-state index in [0.29, 0.717) is 6.04 Å². The summed E-state index contributed by atoms with van der Waals surface area (Å²) in [6.07, 6.45) is 4.14. The third-order valence-electron chi connectivity index (χ3n) is 4.68. The lowest BCUT2D eigenvalue weighted by Gasteiger charge is -2.25. The molecule has 6 nitrogen and oxygen atoms in total. The fraction of sp³-hybridized carbons (Fsp3) is 0.389. The van der Waals surface area contributed by atoms with Gasteiger partial charge in [-0.25, -0.2) is 0 Å². The van der Waals surface area contributed by atoms with Crippen LogP contribution in [0.2, 0.25) is 0 Å². The first kappa shape index (κ1) is 15.1.